The summed E-state index contributed by atoms with van der Waals surface area (Å²) in [5.74, 6) is -0.249. The van der Waals surface area contributed by atoms with Crippen molar-refractivity contribution in [2.75, 3.05) is 5.32 Å². The van der Waals surface area contributed by atoms with E-state index in [1.54, 1.807) is 11.6 Å². The summed E-state index contributed by atoms with van der Waals surface area (Å²) < 4.78 is 0. The lowest BCUT2D eigenvalue weighted by atomic mass is 10.3. The molecule has 1 amide bonds. The molecule has 0 unspecified atom stereocenters. The summed E-state index contributed by atoms with van der Waals surface area (Å²) in [6.07, 6.45) is 5.91. The van der Waals surface area contributed by atoms with Gasteiger partial charge in [0.2, 0.25) is 0 Å². The number of carbonyl (C=O) groups excluding carboxylic acids is 1. The fourth-order valence-electron chi connectivity index (χ4n) is 0.871. The van der Waals surface area contributed by atoms with Crippen molar-refractivity contribution in [1.82, 2.24) is 15.0 Å². The third-order valence-electron chi connectivity index (χ3n) is 1.48. The zero-order chi connectivity index (χ0) is 9.80. The van der Waals surface area contributed by atoms with Gasteiger partial charge in [0.1, 0.15) is 6.33 Å². The highest BCUT2D eigenvalue weighted by atomic mass is 32.1. The first-order valence-electron chi connectivity index (χ1n) is 3.82. The molecule has 2 heterocycles. The first-order valence-corrected chi connectivity index (χ1v) is 4.70. The van der Waals surface area contributed by atoms with Gasteiger partial charge >= 0.3 is 0 Å². The number of hydrogen-bond acceptors (Lipinski definition) is 5. The molecule has 2 rings (SSSR count). The number of carbonyl (C=O) groups is 1. The van der Waals surface area contributed by atoms with Gasteiger partial charge in [0.25, 0.3) is 5.91 Å². The third kappa shape index (κ3) is 1.91. The van der Waals surface area contributed by atoms with Gasteiger partial charge in [-0.25, -0.2) is 15.0 Å². The zero-order valence-electron chi connectivity index (χ0n) is 7.04. The number of hydrogen-bond donors (Lipinski definition) is 1. The van der Waals surface area contributed by atoms with Crippen LogP contribution in [-0.4, -0.2) is 20.9 Å². The Labute approximate surface area is 83.9 Å². The van der Waals surface area contributed by atoms with Crippen LogP contribution in [-0.2, 0) is 0 Å². The standard InChI is InChI=1S/C8H6N4OS/c13-7(6-3-9-5-10-4-6)12-8-11-1-2-14-8/h1-5H,(H,11,12,13). The molecule has 0 bridgehead atoms. The molecule has 6 heteroatoms. The van der Waals surface area contributed by atoms with Crippen LogP contribution in [0, 0.1) is 0 Å². The Morgan fingerprint density at radius 1 is 1.36 bits per heavy atom. The van der Waals surface area contributed by atoms with Gasteiger partial charge in [-0.2, -0.15) is 0 Å². The number of nitrogens with one attached hydrogen (secondary N) is 1. The lowest BCUT2D eigenvalue weighted by Gasteiger charge is -1.98. The molecule has 0 aromatic carbocycles. The Balaban J connectivity index is 2.11. The minimum Gasteiger partial charge on any atom is -0.298 e. The fraction of sp³-hybridized carbons (Fsp3) is 0. The summed E-state index contributed by atoms with van der Waals surface area (Å²) in [4.78, 5) is 22.9. The molecule has 0 fully saturated rings. The van der Waals surface area contributed by atoms with E-state index in [0.29, 0.717) is 10.7 Å². The summed E-state index contributed by atoms with van der Waals surface area (Å²) in [6, 6.07) is 0. The molecular weight excluding hydrogens is 200 g/mol. The number of rotatable bonds is 2. The van der Waals surface area contributed by atoms with Crippen LogP contribution < -0.4 is 5.32 Å². The van der Waals surface area contributed by atoms with E-state index < -0.39 is 0 Å². The molecule has 5 nitrogen and oxygen atoms in total. The topological polar surface area (TPSA) is 67.8 Å². The largest absolute Gasteiger partial charge is 0.298 e. The monoisotopic (exact) mass is 206 g/mol. The Kier molecular flexibility index (Phi) is 2.46. The zero-order valence-corrected chi connectivity index (χ0v) is 7.86. The number of aromatic nitrogens is 3. The van der Waals surface area contributed by atoms with Crippen molar-refractivity contribution in [3.05, 3.63) is 35.9 Å². The summed E-state index contributed by atoms with van der Waals surface area (Å²) in [5, 5.41) is 4.98. The molecule has 70 valence electrons. The summed E-state index contributed by atoms with van der Waals surface area (Å²) in [5.41, 5.74) is 0.419. The predicted octanol–water partition coefficient (Wildman–Crippen LogP) is 1.19. The lowest BCUT2D eigenvalue weighted by molar-refractivity contribution is 0.102. The van der Waals surface area contributed by atoms with Crippen molar-refractivity contribution in [1.29, 1.82) is 0 Å². The van der Waals surface area contributed by atoms with E-state index in [4.69, 9.17) is 0 Å². The van der Waals surface area contributed by atoms with Gasteiger partial charge in [-0.1, -0.05) is 0 Å². The van der Waals surface area contributed by atoms with Crippen LogP contribution in [0.5, 0.6) is 0 Å². The highest BCUT2D eigenvalue weighted by Gasteiger charge is 2.06. The van der Waals surface area contributed by atoms with E-state index in [1.807, 2.05) is 0 Å². The maximum absolute atomic E-state index is 11.5. The summed E-state index contributed by atoms with van der Waals surface area (Å²) >= 11 is 1.36. The van der Waals surface area contributed by atoms with E-state index in [2.05, 4.69) is 20.3 Å². The molecule has 1 N–H and O–H groups in total. The molecule has 0 atom stereocenters. The second-order valence-corrected chi connectivity index (χ2v) is 3.31. The van der Waals surface area contributed by atoms with Crippen LogP contribution >= 0.6 is 11.3 Å². The highest BCUT2D eigenvalue weighted by Crippen LogP contribution is 2.11. The molecule has 0 saturated carbocycles. The second kappa shape index (κ2) is 3.93. The SMILES string of the molecule is O=C(Nc1nccs1)c1cncnc1. The average Bonchev–Trinajstić information content (AvgIpc) is 2.72. The Bertz CT molecular complexity index is 414. The van der Waals surface area contributed by atoms with Gasteiger partial charge in [-0.15, -0.1) is 11.3 Å². The average molecular weight is 206 g/mol. The Morgan fingerprint density at radius 2 is 2.14 bits per heavy atom. The van der Waals surface area contributed by atoms with E-state index in [-0.39, 0.29) is 5.91 Å². The van der Waals surface area contributed by atoms with Crippen molar-refractivity contribution in [3.8, 4) is 0 Å². The minimum absolute atomic E-state index is 0.249. The maximum atomic E-state index is 11.5. The Hall–Kier alpha value is -1.82. The lowest BCUT2D eigenvalue weighted by Crippen LogP contribution is -2.12. The van der Waals surface area contributed by atoms with E-state index in [9.17, 15) is 4.79 Å². The van der Waals surface area contributed by atoms with E-state index >= 15 is 0 Å². The quantitative estimate of drug-likeness (QED) is 0.801. The van der Waals surface area contributed by atoms with Gasteiger partial charge < -0.3 is 0 Å². The number of thiazole rings is 1. The summed E-state index contributed by atoms with van der Waals surface area (Å²) in [6.45, 7) is 0. The number of anilines is 1. The normalized spacial score (nSPS) is 9.71. The van der Waals surface area contributed by atoms with E-state index in [0.717, 1.165) is 0 Å². The summed E-state index contributed by atoms with van der Waals surface area (Å²) in [7, 11) is 0. The maximum Gasteiger partial charge on any atom is 0.260 e. The van der Waals surface area contributed by atoms with Crippen molar-refractivity contribution in [3.63, 3.8) is 0 Å². The molecule has 2 aromatic rings. The second-order valence-electron chi connectivity index (χ2n) is 2.42. The van der Waals surface area contributed by atoms with Crippen molar-refractivity contribution in [2.45, 2.75) is 0 Å². The minimum atomic E-state index is -0.249. The van der Waals surface area contributed by atoms with Crippen molar-refractivity contribution in [2.24, 2.45) is 0 Å². The highest BCUT2D eigenvalue weighted by molar-refractivity contribution is 7.13. The van der Waals surface area contributed by atoms with Gasteiger partial charge in [-0.3, -0.25) is 10.1 Å². The molecule has 0 aliphatic heterocycles. The van der Waals surface area contributed by atoms with Gasteiger partial charge in [0.05, 0.1) is 5.56 Å². The molecule has 0 aliphatic carbocycles. The van der Waals surface area contributed by atoms with Crippen LogP contribution in [0.25, 0.3) is 0 Å². The smallest absolute Gasteiger partial charge is 0.260 e. The van der Waals surface area contributed by atoms with E-state index in [1.165, 1.54) is 30.1 Å². The predicted molar refractivity (Wildman–Crippen MR) is 52.1 cm³/mol. The van der Waals surface area contributed by atoms with Crippen LogP contribution in [0.1, 0.15) is 10.4 Å². The first-order chi connectivity index (χ1) is 6.86. The molecule has 0 saturated heterocycles. The third-order valence-corrected chi connectivity index (χ3v) is 2.16. The van der Waals surface area contributed by atoms with Gasteiger partial charge in [0.15, 0.2) is 5.13 Å². The van der Waals surface area contributed by atoms with Crippen LogP contribution in [0.3, 0.4) is 0 Å². The first kappa shape index (κ1) is 8.76. The molecule has 14 heavy (non-hydrogen) atoms. The van der Waals surface area contributed by atoms with Crippen molar-refractivity contribution < 1.29 is 4.79 Å². The van der Waals surface area contributed by atoms with Crippen LogP contribution in [0.15, 0.2) is 30.3 Å². The molecular formula is C8H6N4OS. The fourth-order valence-corrected chi connectivity index (χ4v) is 1.39. The molecule has 0 spiro atoms. The molecule has 2 aromatic heterocycles. The number of nitrogens with zero attached hydrogens (tertiary/aromatic N) is 3. The van der Waals surface area contributed by atoms with Crippen LogP contribution in [0.4, 0.5) is 5.13 Å². The van der Waals surface area contributed by atoms with Crippen LogP contribution in [0.2, 0.25) is 0 Å². The number of amides is 1. The van der Waals surface area contributed by atoms with Gasteiger partial charge in [0, 0.05) is 24.0 Å². The molecule has 0 radical (unpaired) electrons. The Morgan fingerprint density at radius 3 is 2.79 bits per heavy atom. The molecule has 0 aliphatic rings. The van der Waals surface area contributed by atoms with Gasteiger partial charge in [-0.05, 0) is 0 Å². The van der Waals surface area contributed by atoms with Crippen molar-refractivity contribution >= 4 is 22.4 Å².